The highest BCUT2D eigenvalue weighted by atomic mass is 79.9. The minimum atomic E-state index is -3.01. The maximum absolute atomic E-state index is 11.7. The van der Waals surface area contributed by atoms with Crippen LogP contribution in [-0.4, -0.2) is 30.5 Å². The zero-order chi connectivity index (χ0) is 10.6. The first-order valence-corrected chi connectivity index (χ1v) is 8.38. The van der Waals surface area contributed by atoms with Gasteiger partial charge in [-0.25, -0.2) is 12.7 Å². The van der Waals surface area contributed by atoms with Gasteiger partial charge in [0.15, 0.2) is 0 Å². The second-order valence-corrected chi connectivity index (χ2v) is 8.47. The summed E-state index contributed by atoms with van der Waals surface area (Å²) < 4.78 is 25.3. The molecule has 0 aromatic heterocycles. The minimum absolute atomic E-state index is 0.0781. The van der Waals surface area contributed by atoms with E-state index in [0.717, 1.165) is 24.9 Å². The summed E-state index contributed by atoms with van der Waals surface area (Å²) in [6, 6.07) is 0. The van der Waals surface area contributed by atoms with Crippen molar-refractivity contribution in [3.05, 3.63) is 0 Å². The largest absolute Gasteiger partial charge is 0.224 e. The second-order valence-electron chi connectivity index (χ2n) is 5.20. The molecule has 4 unspecified atom stereocenters. The summed E-state index contributed by atoms with van der Waals surface area (Å²) in [4.78, 5) is 0. The average molecular weight is 294 g/mol. The van der Waals surface area contributed by atoms with Crippen molar-refractivity contribution in [2.45, 2.75) is 19.3 Å². The van der Waals surface area contributed by atoms with Crippen molar-refractivity contribution in [2.75, 3.05) is 17.8 Å². The molecule has 1 heterocycles. The average Bonchev–Trinajstić information content (AvgIpc) is 2.89. The summed E-state index contributed by atoms with van der Waals surface area (Å²) in [6.45, 7) is 1.58. The number of hydrogen-bond acceptors (Lipinski definition) is 2. The molecule has 3 aliphatic rings. The maximum Gasteiger partial charge on any atom is 0.224 e. The number of alkyl halides is 1. The van der Waals surface area contributed by atoms with Gasteiger partial charge in [-0.2, -0.15) is 0 Å². The lowest BCUT2D eigenvalue weighted by Crippen LogP contribution is -2.30. The van der Waals surface area contributed by atoms with Crippen molar-refractivity contribution in [1.82, 2.24) is 4.31 Å². The number of fused-ring (bicyclic) bond motifs is 5. The highest BCUT2D eigenvalue weighted by Gasteiger charge is 2.53. The van der Waals surface area contributed by atoms with E-state index in [2.05, 4.69) is 15.9 Å². The third-order valence-corrected chi connectivity index (χ3v) is 7.73. The number of halogens is 1. The molecule has 2 saturated carbocycles. The fourth-order valence-electron chi connectivity index (χ4n) is 3.94. The fraction of sp³-hybridized carbons (Fsp3) is 1.00. The molecular formula is C10H16BrNO2S. The van der Waals surface area contributed by atoms with E-state index in [0.29, 0.717) is 11.8 Å². The summed E-state index contributed by atoms with van der Waals surface area (Å²) in [5.74, 6) is 3.02. The summed E-state index contributed by atoms with van der Waals surface area (Å²) in [5, 5.41) is 0. The molecule has 0 aromatic rings. The smallest absolute Gasteiger partial charge is 0.211 e. The van der Waals surface area contributed by atoms with Crippen LogP contribution in [0.5, 0.6) is 0 Å². The van der Waals surface area contributed by atoms with E-state index in [-0.39, 0.29) is 4.66 Å². The van der Waals surface area contributed by atoms with Gasteiger partial charge in [0.2, 0.25) is 10.0 Å². The Balaban J connectivity index is 1.80. The Labute approximate surface area is 99.4 Å². The first-order valence-electron chi connectivity index (χ1n) is 5.65. The van der Waals surface area contributed by atoms with Crippen LogP contribution in [0.3, 0.4) is 0 Å². The van der Waals surface area contributed by atoms with Gasteiger partial charge in [-0.3, -0.25) is 0 Å². The second kappa shape index (κ2) is 3.44. The molecule has 1 saturated heterocycles. The Morgan fingerprint density at radius 1 is 1.13 bits per heavy atom. The van der Waals surface area contributed by atoms with Crippen LogP contribution in [0.4, 0.5) is 0 Å². The predicted octanol–water partition coefficient (Wildman–Crippen LogP) is 1.65. The van der Waals surface area contributed by atoms with E-state index < -0.39 is 10.0 Å². The third kappa shape index (κ3) is 1.50. The molecule has 2 aliphatic carbocycles. The Kier molecular flexibility index (Phi) is 2.42. The maximum atomic E-state index is 11.7. The van der Waals surface area contributed by atoms with E-state index in [1.165, 1.54) is 19.3 Å². The van der Waals surface area contributed by atoms with Gasteiger partial charge in [-0.05, 0) is 42.9 Å². The van der Waals surface area contributed by atoms with Gasteiger partial charge >= 0.3 is 0 Å². The lowest BCUT2D eigenvalue weighted by Gasteiger charge is -2.22. The number of nitrogens with zero attached hydrogens (tertiary/aromatic N) is 1. The number of sulfonamides is 1. The van der Waals surface area contributed by atoms with Crippen LogP contribution in [0.25, 0.3) is 0 Å². The van der Waals surface area contributed by atoms with Crippen LogP contribution < -0.4 is 0 Å². The van der Waals surface area contributed by atoms with Crippen LogP contribution in [0, 0.1) is 23.7 Å². The lowest BCUT2D eigenvalue weighted by molar-refractivity contribution is 0.281. The Bertz CT molecular complexity index is 352. The van der Waals surface area contributed by atoms with Crippen LogP contribution in [0.1, 0.15) is 19.3 Å². The molecule has 0 spiro atoms. The highest BCUT2D eigenvalue weighted by Crippen LogP contribution is 2.55. The van der Waals surface area contributed by atoms with Crippen molar-refractivity contribution in [2.24, 2.45) is 23.7 Å². The van der Waals surface area contributed by atoms with Gasteiger partial charge in [0.05, 0.1) is 0 Å². The van der Waals surface area contributed by atoms with Crippen LogP contribution in [0.15, 0.2) is 0 Å². The van der Waals surface area contributed by atoms with Crippen LogP contribution in [-0.2, 0) is 10.0 Å². The van der Waals surface area contributed by atoms with Gasteiger partial charge < -0.3 is 0 Å². The monoisotopic (exact) mass is 293 g/mol. The van der Waals surface area contributed by atoms with Crippen molar-refractivity contribution >= 4 is 26.0 Å². The SMILES string of the molecule is O=S(=O)(CBr)N1CC2C3CCC(C3)C2C1. The Hall–Kier alpha value is 0.390. The van der Waals surface area contributed by atoms with Crippen molar-refractivity contribution < 1.29 is 8.42 Å². The topological polar surface area (TPSA) is 37.4 Å². The Morgan fingerprint density at radius 2 is 1.67 bits per heavy atom. The summed E-state index contributed by atoms with van der Waals surface area (Å²) in [6.07, 6.45) is 4.06. The normalized spacial score (nSPS) is 44.9. The van der Waals surface area contributed by atoms with E-state index >= 15 is 0 Å². The van der Waals surface area contributed by atoms with E-state index in [9.17, 15) is 8.42 Å². The molecule has 15 heavy (non-hydrogen) atoms. The standard InChI is InChI=1S/C10H16BrNO2S/c11-6-15(13,14)12-4-9-7-1-2-8(3-7)10(9)5-12/h7-10H,1-6H2. The van der Waals surface area contributed by atoms with Gasteiger partial charge in [0, 0.05) is 13.1 Å². The fourth-order valence-corrected chi connectivity index (χ4v) is 5.74. The molecule has 3 rings (SSSR count). The van der Waals surface area contributed by atoms with Gasteiger partial charge in [0.25, 0.3) is 0 Å². The van der Waals surface area contributed by atoms with Gasteiger partial charge in [-0.15, -0.1) is 0 Å². The molecule has 1 aliphatic heterocycles. The van der Waals surface area contributed by atoms with Crippen LogP contribution in [0.2, 0.25) is 0 Å². The minimum Gasteiger partial charge on any atom is -0.211 e. The molecule has 0 amide bonds. The zero-order valence-electron chi connectivity index (χ0n) is 8.60. The molecule has 3 nitrogen and oxygen atoms in total. The summed E-state index contributed by atoms with van der Waals surface area (Å²) in [5.41, 5.74) is 0. The molecule has 86 valence electrons. The molecular weight excluding hydrogens is 278 g/mol. The first-order chi connectivity index (χ1) is 7.12. The molecule has 0 radical (unpaired) electrons. The molecule has 2 bridgehead atoms. The Morgan fingerprint density at radius 3 is 2.13 bits per heavy atom. The summed E-state index contributed by atoms with van der Waals surface area (Å²) in [7, 11) is -3.01. The highest BCUT2D eigenvalue weighted by molar-refractivity contribution is 9.10. The van der Waals surface area contributed by atoms with Gasteiger partial charge in [0.1, 0.15) is 4.66 Å². The molecule has 5 heteroatoms. The van der Waals surface area contributed by atoms with Gasteiger partial charge in [-0.1, -0.05) is 15.9 Å². The van der Waals surface area contributed by atoms with E-state index in [4.69, 9.17) is 0 Å². The van der Waals surface area contributed by atoms with E-state index in [1.54, 1.807) is 4.31 Å². The first kappa shape index (κ1) is 10.5. The third-order valence-electron chi connectivity index (χ3n) is 4.63. The number of hydrogen-bond donors (Lipinski definition) is 0. The van der Waals surface area contributed by atoms with E-state index in [1.807, 2.05) is 0 Å². The lowest BCUT2D eigenvalue weighted by atomic mass is 9.82. The zero-order valence-corrected chi connectivity index (χ0v) is 11.0. The quantitative estimate of drug-likeness (QED) is 0.726. The van der Waals surface area contributed by atoms with Crippen molar-refractivity contribution in [3.8, 4) is 0 Å². The molecule has 0 N–H and O–H groups in total. The molecule has 3 fully saturated rings. The van der Waals surface area contributed by atoms with Crippen LogP contribution >= 0.6 is 15.9 Å². The number of rotatable bonds is 2. The van der Waals surface area contributed by atoms with Crippen molar-refractivity contribution in [3.63, 3.8) is 0 Å². The predicted molar refractivity (Wildman–Crippen MR) is 62.1 cm³/mol. The molecule has 0 aromatic carbocycles. The van der Waals surface area contributed by atoms with Crippen molar-refractivity contribution in [1.29, 1.82) is 0 Å². The molecule has 4 atom stereocenters. The summed E-state index contributed by atoms with van der Waals surface area (Å²) >= 11 is 3.08.